The predicted molar refractivity (Wildman–Crippen MR) is 92.4 cm³/mol. The minimum atomic E-state index is -0.380. The summed E-state index contributed by atoms with van der Waals surface area (Å²) in [5.41, 5.74) is 2.46. The van der Waals surface area contributed by atoms with Crippen molar-refractivity contribution in [1.82, 2.24) is 19.7 Å². The number of nitrogens with zero attached hydrogens (tertiary/aromatic N) is 5. The van der Waals surface area contributed by atoms with Gasteiger partial charge in [0.25, 0.3) is 5.91 Å². The third-order valence-electron chi connectivity index (χ3n) is 3.35. The summed E-state index contributed by atoms with van der Waals surface area (Å²) in [5, 5.41) is 18.9. The molecule has 0 radical (unpaired) electrons. The summed E-state index contributed by atoms with van der Waals surface area (Å²) in [5.74, 6) is 0.0594. The Kier molecular flexibility index (Phi) is 4.39. The van der Waals surface area contributed by atoms with Gasteiger partial charge in [0.2, 0.25) is 0 Å². The van der Waals surface area contributed by atoms with Gasteiger partial charge in [-0.05, 0) is 25.1 Å². The Morgan fingerprint density at radius 1 is 1.28 bits per heavy atom. The van der Waals surface area contributed by atoms with Crippen LogP contribution in [0.25, 0.3) is 0 Å². The van der Waals surface area contributed by atoms with Crippen molar-refractivity contribution in [2.45, 2.75) is 6.92 Å². The minimum Gasteiger partial charge on any atom is -0.352 e. The summed E-state index contributed by atoms with van der Waals surface area (Å²) in [6.07, 6.45) is 4.77. The summed E-state index contributed by atoms with van der Waals surface area (Å²) in [7, 11) is 1.77. The maximum Gasteiger partial charge on any atom is 0.277 e. The lowest BCUT2D eigenvalue weighted by Crippen LogP contribution is -2.17. The molecule has 3 aromatic heterocycles. The SMILES string of the molecule is Cc1ccc(Nc2cncc(C#N)c2)c(C(=O)Nc2ccn(C)n2)n1. The van der Waals surface area contributed by atoms with Crippen LogP contribution in [0.3, 0.4) is 0 Å². The Balaban J connectivity index is 1.89. The second kappa shape index (κ2) is 6.80. The van der Waals surface area contributed by atoms with E-state index in [2.05, 4.69) is 25.7 Å². The smallest absolute Gasteiger partial charge is 0.277 e. The molecule has 0 fully saturated rings. The molecule has 8 heteroatoms. The summed E-state index contributed by atoms with van der Waals surface area (Å²) in [6.45, 7) is 1.80. The van der Waals surface area contributed by atoms with Gasteiger partial charge in [0.05, 0.1) is 23.1 Å². The van der Waals surface area contributed by atoms with E-state index in [1.807, 2.05) is 6.07 Å². The highest BCUT2D eigenvalue weighted by Crippen LogP contribution is 2.21. The molecule has 25 heavy (non-hydrogen) atoms. The molecule has 0 unspecified atom stereocenters. The fourth-order valence-corrected chi connectivity index (χ4v) is 2.21. The van der Waals surface area contributed by atoms with Crippen LogP contribution >= 0.6 is 0 Å². The first-order valence-corrected chi connectivity index (χ1v) is 7.46. The number of aromatic nitrogens is 4. The molecule has 0 saturated heterocycles. The highest BCUT2D eigenvalue weighted by atomic mass is 16.2. The van der Waals surface area contributed by atoms with Crippen molar-refractivity contribution < 1.29 is 4.79 Å². The average Bonchev–Trinajstić information content (AvgIpc) is 3.01. The molecule has 3 rings (SSSR count). The number of nitrogens with one attached hydrogen (secondary N) is 2. The zero-order valence-electron chi connectivity index (χ0n) is 13.7. The first kappa shape index (κ1) is 16.1. The zero-order valence-corrected chi connectivity index (χ0v) is 13.7. The number of amides is 1. The number of anilines is 3. The Hall–Kier alpha value is -3.73. The molecule has 0 spiro atoms. The number of hydrogen-bond acceptors (Lipinski definition) is 6. The van der Waals surface area contributed by atoms with E-state index in [1.54, 1.807) is 55.3 Å². The third-order valence-corrected chi connectivity index (χ3v) is 3.35. The molecule has 0 aromatic carbocycles. The highest BCUT2D eigenvalue weighted by molar-refractivity contribution is 6.06. The number of rotatable bonds is 4. The normalized spacial score (nSPS) is 10.1. The van der Waals surface area contributed by atoms with Gasteiger partial charge < -0.3 is 10.6 Å². The van der Waals surface area contributed by atoms with E-state index in [9.17, 15) is 4.79 Å². The molecule has 3 heterocycles. The number of carbonyl (C=O) groups excluding carboxylic acids is 1. The summed E-state index contributed by atoms with van der Waals surface area (Å²) < 4.78 is 1.59. The van der Waals surface area contributed by atoms with E-state index >= 15 is 0 Å². The summed E-state index contributed by atoms with van der Waals surface area (Å²) >= 11 is 0. The van der Waals surface area contributed by atoms with Gasteiger partial charge in [0, 0.05) is 31.2 Å². The largest absolute Gasteiger partial charge is 0.352 e. The zero-order chi connectivity index (χ0) is 17.8. The molecule has 0 atom stereocenters. The summed E-state index contributed by atoms with van der Waals surface area (Å²) in [4.78, 5) is 20.9. The van der Waals surface area contributed by atoms with Gasteiger partial charge in [0.15, 0.2) is 11.5 Å². The van der Waals surface area contributed by atoms with E-state index in [-0.39, 0.29) is 11.6 Å². The molecular weight excluding hydrogens is 318 g/mol. The van der Waals surface area contributed by atoms with E-state index in [0.717, 1.165) is 0 Å². The molecule has 3 aromatic rings. The lowest BCUT2D eigenvalue weighted by atomic mass is 10.2. The van der Waals surface area contributed by atoms with Crippen LogP contribution in [0.15, 0.2) is 42.9 Å². The van der Waals surface area contributed by atoms with Crippen LogP contribution in [0, 0.1) is 18.3 Å². The van der Waals surface area contributed by atoms with Crippen molar-refractivity contribution in [3.05, 3.63) is 59.8 Å². The second-order valence-electron chi connectivity index (χ2n) is 5.38. The Labute approximate surface area is 144 Å². The lowest BCUT2D eigenvalue weighted by Gasteiger charge is -2.11. The number of carbonyl (C=O) groups is 1. The van der Waals surface area contributed by atoms with Crippen LogP contribution in [0.1, 0.15) is 21.7 Å². The van der Waals surface area contributed by atoms with Gasteiger partial charge in [0.1, 0.15) is 6.07 Å². The number of nitriles is 1. The quantitative estimate of drug-likeness (QED) is 0.759. The third kappa shape index (κ3) is 3.79. The van der Waals surface area contributed by atoms with Crippen molar-refractivity contribution >= 4 is 23.1 Å². The molecule has 124 valence electrons. The predicted octanol–water partition coefficient (Wildman–Crippen LogP) is 2.39. The van der Waals surface area contributed by atoms with Gasteiger partial charge in [-0.2, -0.15) is 10.4 Å². The highest BCUT2D eigenvalue weighted by Gasteiger charge is 2.15. The standard InChI is InChI=1S/C17H15N7O/c1-11-3-4-14(21-13-7-12(8-18)9-19-10-13)16(20-11)17(25)22-15-5-6-24(2)23-15/h3-7,9-10,21H,1-2H3,(H,22,23,25). The van der Waals surface area contributed by atoms with Crippen LogP contribution in [-0.4, -0.2) is 25.7 Å². The lowest BCUT2D eigenvalue weighted by molar-refractivity contribution is 0.102. The molecule has 8 nitrogen and oxygen atoms in total. The van der Waals surface area contributed by atoms with Gasteiger partial charge in [-0.25, -0.2) is 4.98 Å². The Morgan fingerprint density at radius 2 is 2.12 bits per heavy atom. The van der Waals surface area contributed by atoms with Crippen molar-refractivity contribution in [2.24, 2.45) is 7.05 Å². The van der Waals surface area contributed by atoms with E-state index in [1.165, 1.54) is 6.20 Å². The van der Waals surface area contributed by atoms with Crippen molar-refractivity contribution in [1.29, 1.82) is 5.26 Å². The fourth-order valence-electron chi connectivity index (χ4n) is 2.21. The first-order valence-electron chi connectivity index (χ1n) is 7.46. The Morgan fingerprint density at radius 3 is 2.84 bits per heavy atom. The fraction of sp³-hybridized carbons (Fsp3) is 0.118. The molecule has 0 aliphatic rings. The minimum absolute atomic E-state index is 0.230. The molecule has 0 bridgehead atoms. The molecule has 0 aliphatic carbocycles. The van der Waals surface area contributed by atoms with Crippen LogP contribution in [0.5, 0.6) is 0 Å². The first-order chi connectivity index (χ1) is 12.0. The van der Waals surface area contributed by atoms with Gasteiger partial charge in [-0.1, -0.05) is 0 Å². The average molecular weight is 333 g/mol. The van der Waals surface area contributed by atoms with E-state index < -0.39 is 0 Å². The van der Waals surface area contributed by atoms with Crippen molar-refractivity contribution in [3.8, 4) is 6.07 Å². The van der Waals surface area contributed by atoms with Gasteiger partial charge in [-0.15, -0.1) is 0 Å². The number of pyridine rings is 2. The van der Waals surface area contributed by atoms with Crippen LogP contribution in [-0.2, 0) is 7.05 Å². The molecule has 2 N–H and O–H groups in total. The van der Waals surface area contributed by atoms with Crippen LogP contribution in [0.4, 0.5) is 17.2 Å². The second-order valence-corrected chi connectivity index (χ2v) is 5.38. The van der Waals surface area contributed by atoms with Crippen LogP contribution < -0.4 is 10.6 Å². The number of aryl methyl sites for hydroxylation is 2. The van der Waals surface area contributed by atoms with Gasteiger partial charge in [-0.3, -0.25) is 14.5 Å². The van der Waals surface area contributed by atoms with E-state index in [4.69, 9.17) is 5.26 Å². The van der Waals surface area contributed by atoms with Crippen molar-refractivity contribution in [2.75, 3.05) is 10.6 Å². The monoisotopic (exact) mass is 333 g/mol. The number of hydrogen-bond donors (Lipinski definition) is 2. The molecular formula is C17H15N7O. The van der Waals surface area contributed by atoms with Crippen LogP contribution in [0.2, 0.25) is 0 Å². The summed E-state index contributed by atoms with van der Waals surface area (Å²) in [6, 6.07) is 8.92. The maximum atomic E-state index is 12.6. The van der Waals surface area contributed by atoms with Crippen molar-refractivity contribution in [3.63, 3.8) is 0 Å². The molecule has 0 saturated carbocycles. The molecule has 1 amide bonds. The Bertz CT molecular complexity index is 971. The topological polar surface area (TPSA) is 109 Å². The van der Waals surface area contributed by atoms with E-state index in [0.29, 0.717) is 28.5 Å². The maximum absolute atomic E-state index is 12.6. The van der Waals surface area contributed by atoms with Gasteiger partial charge >= 0.3 is 0 Å². The molecule has 0 aliphatic heterocycles.